The molecule has 0 saturated heterocycles. The van der Waals surface area contributed by atoms with E-state index in [4.69, 9.17) is 14.2 Å². The molecule has 0 N–H and O–H groups in total. The number of carbonyl (C=O) groups excluding carboxylic acids is 3. The predicted octanol–water partition coefficient (Wildman–Crippen LogP) is 20.9. The van der Waals surface area contributed by atoms with Crippen LogP contribution in [0.15, 0.2) is 72.9 Å². The van der Waals surface area contributed by atoms with Crippen LogP contribution < -0.4 is 0 Å². The SMILES string of the molecule is CCCC/C=C\C/C=C\CCCCCCCC(=O)OCC(COC(=O)CCCCCCCCCC/C=C\C/C=C\C/C=C\CCCCCCC)OC(=O)CCCCCCCCC/C=C\CCCCCCCC. The molecule has 0 heterocycles. The average molecular weight is 1010 g/mol. The number of hydrogen-bond donors (Lipinski definition) is 0. The Morgan fingerprint density at radius 2 is 0.514 bits per heavy atom. The van der Waals surface area contributed by atoms with Gasteiger partial charge in [0.25, 0.3) is 0 Å². The Bertz CT molecular complexity index is 1340. The summed E-state index contributed by atoms with van der Waals surface area (Å²) in [6.45, 7) is 6.59. The van der Waals surface area contributed by atoms with Gasteiger partial charge in [-0.25, -0.2) is 0 Å². The lowest BCUT2D eigenvalue weighted by Gasteiger charge is -2.18. The van der Waals surface area contributed by atoms with Gasteiger partial charge >= 0.3 is 17.9 Å². The summed E-state index contributed by atoms with van der Waals surface area (Å²) in [5, 5.41) is 0. The Labute approximate surface area is 446 Å². The summed E-state index contributed by atoms with van der Waals surface area (Å²) in [4.78, 5) is 38.2. The van der Waals surface area contributed by atoms with E-state index in [9.17, 15) is 14.4 Å². The molecule has 0 aliphatic heterocycles. The quantitative estimate of drug-likeness (QED) is 0.0261. The second-order valence-electron chi connectivity index (χ2n) is 20.6. The molecular formula is C66H116O6. The van der Waals surface area contributed by atoms with Gasteiger partial charge in [0.15, 0.2) is 6.10 Å². The van der Waals surface area contributed by atoms with E-state index in [2.05, 4.69) is 93.7 Å². The highest BCUT2D eigenvalue weighted by molar-refractivity contribution is 5.71. The molecular weight excluding hydrogens is 889 g/mol. The molecule has 0 aliphatic carbocycles. The van der Waals surface area contributed by atoms with Gasteiger partial charge in [0.1, 0.15) is 13.2 Å². The molecule has 0 saturated carbocycles. The molecule has 1 atom stereocenters. The first-order valence-corrected chi connectivity index (χ1v) is 30.9. The minimum absolute atomic E-state index is 0.0848. The van der Waals surface area contributed by atoms with E-state index in [-0.39, 0.29) is 31.1 Å². The van der Waals surface area contributed by atoms with Gasteiger partial charge in [-0.05, 0) is 109 Å². The van der Waals surface area contributed by atoms with Crippen molar-refractivity contribution < 1.29 is 28.6 Å². The van der Waals surface area contributed by atoms with Crippen molar-refractivity contribution in [3.05, 3.63) is 72.9 Å². The van der Waals surface area contributed by atoms with Gasteiger partial charge in [0.05, 0.1) is 0 Å². The van der Waals surface area contributed by atoms with E-state index in [1.807, 2.05) is 0 Å². The summed E-state index contributed by atoms with van der Waals surface area (Å²) < 4.78 is 16.9. The summed E-state index contributed by atoms with van der Waals surface area (Å²) >= 11 is 0. The summed E-state index contributed by atoms with van der Waals surface area (Å²) in [6, 6.07) is 0. The van der Waals surface area contributed by atoms with Crippen LogP contribution in [0, 0.1) is 0 Å². The fraction of sp³-hybridized carbons (Fsp3) is 0.773. The number of ether oxygens (including phenoxy) is 3. The van der Waals surface area contributed by atoms with Gasteiger partial charge < -0.3 is 14.2 Å². The molecule has 0 aromatic rings. The van der Waals surface area contributed by atoms with Crippen LogP contribution in [0.1, 0.15) is 310 Å². The van der Waals surface area contributed by atoms with Crippen molar-refractivity contribution in [3.8, 4) is 0 Å². The zero-order valence-corrected chi connectivity index (χ0v) is 47.7. The molecule has 6 heteroatoms. The zero-order valence-electron chi connectivity index (χ0n) is 47.7. The fourth-order valence-electron chi connectivity index (χ4n) is 8.70. The van der Waals surface area contributed by atoms with Crippen molar-refractivity contribution in [1.82, 2.24) is 0 Å². The maximum Gasteiger partial charge on any atom is 0.306 e. The summed E-state index contributed by atoms with van der Waals surface area (Å²) in [5.41, 5.74) is 0. The van der Waals surface area contributed by atoms with Crippen LogP contribution in [0.3, 0.4) is 0 Å². The van der Waals surface area contributed by atoms with E-state index < -0.39 is 6.10 Å². The average Bonchev–Trinajstić information content (AvgIpc) is 3.38. The van der Waals surface area contributed by atoms with E-state index in [0.29, 0.717) is 19.3 Å². The Kier molecular flexibility index (Phi) is 57.8. The van der Waals surface area contributed by atoms with Gasteiger partial charge in [-0.15, -0.1) is 0 Å². The number of carbonyl (C=O) groups is 3. The van der Waals surface area contributed by atoms with Crippen LogP contribution in [0.5, 0.6) is 0 Å². The Morgan fingerprint density at radius 3 is 0.833 bits per heavy atom. The van der Waals surface area contributed by atoms with Gasteiger partial charge in [-0.3, -0.25) is 14.4 Å². The molecule has 0 bridgehead atoms. The van der Waals surface area contributed by atoms with Crippen molar-refractivity contribution in [2.45, 2.75) is 316 Å². The molecule has 0 rings (SSSR count). The second kappa shape index (κ2) is 60.4. The fourth-order valence-corrected chi connectivity index (χ4v) is 8.70. The second-order valence-corrected chi connectivity index (χ2v) is 20.6. The largest absolute Gasteiger partial charge is 0.462 e. The third kappa shape index (κ3) is 57.7. The van der Waals surface area contributed by atoms with Gasteiger partial charge in [-0.1, -0.05) is 254 Å². The minimum Gasteiger partial charge on any atom is -0.462 e. The summed E-state index contributed by atoms with van der Waals surface area (Å²) in [5.74, 6) is -0.899. The molecule has 1 unspecified atom stereocenters. The molecule has 0 amide bonds. The molecule has 0 aromatic heterocycles. The first kappa shape index (κ1) is 68.8. The Morgan fingerprint density at radius 1 is 0.278 bits per heavy atom. The van der Waals surface area contributed by atoms with Crippen LogP contribution in [0.25, 0.3) is 0 Å². The minimum atomic E-state index is -0.788. The molecule has 72 heavy (non-hydrogen) atoms. The first-order valence-electron chi connectivity index (χ1n) is 30.9. The first-order chi connectivity index (χ1) is 35.5. The topological polar surface area (TPSA) is 78.9 Å². The highest BCUT2D eigenvalue weighted by atomic mass is 16.6. The van der Waals surface area contributed by atoms with E-state index in [0.717, 1.165) is 96.3 Å². The van der Waals surface area contributed by atoms with Crippen molar-refractivity contribution >= 4 is 17.9 Å². The predicted molar refractivity (Wildman–Crippen MR) is 311 cm³/mol. The number of rotatable bonds is 56. The molecule has 6 nitrogen and oxygen atoms in total. The van der Waals surface area contributed by atoms with Gasteiger partial charge in [-0.2, -0.15) is 0 Å². The highest BCUT2D eigenvalue weighted by Crippen LogP contribution is 2.15. The van der Waals surface area contributed by atoms with Crippen molar-refractivity contribution in [2.75, 3.05) is 13.2 Å². The number of allylic oxidation sites excluding steroid dienone is 12. The van der Waals surface area contributed by atoms with Crippen LogP contribution >= 0.6 is 0 Å². The smallest absolute Gasteiger partial charge is 0.306 e. The molecule has 0 fully saturated rings. The molecule has 0 spiro atoms. The standard InChI is InChI=1S/C66H116O6/c1-4-7-10-13-16-19-22-25-28-30-31-32-33-34-35-37-38-41-44-47-50-53-56-59-65(68)71-62-63(61-70-64(67)58-55-52-49-46-43-40-27-24-21-18-15-12-9-6-3)72-66(69)60-57-54-51-48-45-42-39-36-29-26-23-20-17-14-11-8-5-2/h15,18,22,24-27,29-31,33-34,63H,4-14,16-17,19-21,23,28,32,35-62H2,1-3H3/b18-15-,25-22-,27-24-,29-26-,31-30-,34-33-. The van der Waals surface area contributed by atoms with E-state index in [1.54, 1.807) is 0 Å². The third-order valence-electron chi connectivity index (χ3n) is 13.4. The van der Waals surface area contributed by atoms with Crippen LogP contribution in [0.4, 0.5) is 0 Å². The maximum absolute atomic E-state index is 12.9. The lowest BCUT2D eigenvalue weighted by atomic mass is 10.1. The molecule has 0 aromatic carbocycles. The third-order valence-corrected chi connectivity index (χ3v) is 13.4. The maximum atomic E-state index is 12.9. The lowest BCUT2D eigenvalue weighted by molar-refractivity contribution is -0.167. The Hall–Kier alpha value is -3.15. The normalized spacial score (nSPS) is 12.5. The zero-order chi connectivity index (χ0) is 52.2. The molecule has 0 radical (unpaired) electrons. The molecule has 416 valence electrons. The van der Waals surface area contributed by atoms with Gasteiger partial charge in [0.2, 0.25) is 0 Å². The van der Waals surface area contributed by atoms with Crippen molar-refractivity contribution in [3.63, 3.8) is 0 Å². The van der Waals surface area contributed by atoms with Crippen LogP contribution in [-0.4, -0.2) is 37.2 Å². The van der Waals surface area contributed by atoms with Crippen molar-refractivity contribution in [1.29, 1.82) is 0 Å². The van der Waals surface area contributed by atoms with E-state index in [1.165, 1.54) is 173 Å². The Balaban J connectivity index is 4.37. The number of unbranched alkanes of at least 4 members (excludes halogenated alkanes) is 33. The molecule has 0 aliphatic rings. The van der Waals surface area contributed by atoms with Crippen LogP contribution in [0.2, 0.25) is 0 Å². The summed E-state index contributed by atoms with van der Waals surface area (Å²) in [6.07, 6.45) is 77.5. The number of esters is 3. The van der Waals surface area contributed by atoms with Crippen molar-refractivity contribution in [2.24, 2.45) is 0 Å². The monoisotopic (exact) mass is 1000 g/mol. The highest BCUT2D eigenvalue weighted by Gasteiger charge is 2.19. The lowest BCUT2D eigenvalue weighted by Crippen LogP contribution is -2.30. The van der Waals surface area contributed by atoms with Crippen LogP contribution in [-0.2, 0) is 28.6 Å². The van der Waals surface area contributed by atoms with Gasteiger partial charge in [0, 0.05) is 19.3 Å². The summed E-state index contributed by atoms with van der Waals surface area (Å²) in [7, 11) is 0. The number of hydrogen-bond acceptors (Lipinski definition) is 6. The van der Waals surface area contributed by atoms with E-state index >= 15 is 0 Å².